The minimum atomic E-state index is -0.0468. The summed E-state index contributed by atoms with van der Waals surface area (Å²) in [5.41, 5.74) is 1.05. The molecule has 0 saturated heterocycles. The first-order chi connectivity index (χ1) is 11.7. The third-order valence-electron chi connectivity index (χ3n) is 3.99. The molecule has 1 aromatic carbocycles. The van der Waals surface area contributed by atoms with Crippen molar-refractivity contribution in [3.05, 3.63) is 45.9 Å². The molecular weight excluding hydrogens is 322 g/mol. The Balaban J connectivity index is 1.56. The summed E-state index contributed by atoms with van der Waals surface area (Å²) in [6, 6.07) is 7.85. The Morgan fingerprint density at radius 3 is 3.08 bits per heavy atom. The van der Waals surface area contributed by atoms with Crippen LogP contribution in [0.4, 0.5) is 4.79 Å². The lowest BCUT2D eigenvalue weighted by atomic mass is 10.2. The quantitative estimate of drug-likeness (QED) is 0.925. The van der Waals surface area contributed by atoms with E-state index < -0.39 is 0 Å². The number of fused-ring (bicyclic) bond motifs is 1. The molecule has 0 fully saturated rings. The summed E-state index contributed by atoms with van der Waals surface area (Å²) in [6.45, 7) is 5.87. The highest BCUT2D eigenvalue weighted by Crippen LogP contribution is 2.24. The molecule has 24 heavy (non-hydrogen) atoms. The first-order valence-electron chi connectivity index (χ1n) is 8.36. The SMILES string of the molecule is CCc1cnc(CCNC(=O)N2Cc3ccccc3O[C@H](C)C2)s1. The molecule has 2 aromatic rings. The fourth-order valence-electron chi connectivity index (χ4n) is 2.75. The van der Waals surface area contributed by atoms with Gasteiger partial charge in [-0.05, 0) is 19.4 Å². The second-order valence-corrected chi connectivity index (χ2v) is 7.17. The van der Waals surface area contributed by atoms with Crippen molar-refractivity contribution in [2.45, 2.75) is 39.3 Å². The average molecular weight is 345 g/mol. The maximum atomic E-state index is 12.5. The Bertz CT molecular complexity index is 701. The van der Waals surface area contributed by atoms with Gasteiger partial charge in [-0.1, -0.05) is 25.1 Å². The highest BCUT2D eigenvalue weighted by atomic mass is 32.1. The second kappa shape index (κ2) is 7.66. The van der Waals surface area contributed by atoms with Crippen molar-refractivity contribution in [2.75, 3.05) is 13.1 Å². The van der Waals surface area contributed by atoms with E-state index >= 15 is 0 Å². The number of amides is 2. The number of carbonyl (C=O) groups excluding carboxylic acids is 1. The summed E-state index contributed by atoms with van der Waals surface area (Å²) in [7, 11) is 0. The number of hydrogen-bond acceptors (Lipinski definition) is 4. The van der Waals surface area contributed by atoms with Gasteiger partial charge in [-0.2, -0.15) is 0 Å². The van der Waals surface area contributed by atoms with Crippen LogP contribution in [-0.2, 0) is 19.4 Å². The largest absolute Gasteiger partial charge is 0.489 e. The number of aryl methyl sites for hydroxylation is 1. The molecule has 1 atom stereocenters. The molecule has 128 valence electrons. The fraction of sp³-hybridized carbons (Fsp3) is 0.444. The van der Waals surface area contributed by atoms with Crippen LogP contribution >= 0.6 is 11.3 Å². The topological polar surface area (TPSA) is 54.5 Å². The first kappa shape index (κ1) is 16.8. The van der Waals surface area contributed by atoms with E-state index in [1.807, 2.05) is 42.3 Å². The van der Waals surface area contributed by atoms with Crippen LogP contribution in [0.2, 0.25) is 0 Å². The summed E-state index contributed by atoms with van der Waals surface area (Å²) < 4.78 is 5.90. The van der Waals surface area contributed by atoms with Gasteiger partial charge in [-0.3, -0.25) is 0 Å². The molecule has 0 unspecified atom stereocenters. The van der Waals surface area contributed by atoms with Crippen LogP contribution in [0.1, 0.15) is 29.3 Å². The van der Waals surface area contributed by atoms with E-state index in [0.717, 1.165) is 29.2 Å². The molecule has 0 radical (unpaired) electrons. The van der Waals surface area contributed by atoms with E-state index in [1.54, 1.807) is 11.3 Å². The van der Waals surface area contributed by atoms with Gasteiger partial charge in [0.25, 0.3) is 0 Å². The van der Waals surface area contributed by atoms with Crippen LogP contribution in [0.15, 0.2) is 30.5 Å². The average Bonchev–Trinajstić information content (AvgIpc) is 2.96. The highest BCUT2D eigenvalue weighted by molar-refractivity contribution is 7.11. The van der Waals surface area contributed by atoms with E-state index in [1.165, 1.54) is 4.88 Å². The van der Waals surface area contributed by atoms with Gasteiger partial charge in [-0.25, -0.2) is 9.78 Å². The molecule has 0 aliphatic carbocycles. The molecule has 1 aliphatic rings. The van der Waals surface area contributed by atoms with Crippen LogP contribution in [0.25, 0.3) is 0 Å². The number of aromatic nitrogens is 1. The van der Waals surface area contributed by atoms with Crippen molar-refractivity contribution in [3.63, 3.8) is 0 Å². The van der Waals surface area contributed by atoms with Crippen molar-refractivity contribution < 1.29 is 9.53 Å². The van der Waals surface area contributed by atoms with Gasteiger partial charge in [-0.15, -0.1) is 11.3 Å². The Hall–Kier alpha value is -2.08. The van der Waals surface area contributed by atoms with Crippen LogP contribution in [0.5, 0.6) is 5.75 Å². The third kappa shape index (κ3) is 4.06. The predicted molar refractivity (Wildman–Crippen MR) is 95.5 cm³/mol. The van der Waals surface area contributed by atoms with E-state index in [4.69, 9.17) is 4.74 Å². The Morgan fingerprint density at radius 1 is 1.46 bits per heavy atom. The zero-order chi connectivity index (χ0) is 16.9. The van der Waals surface area contributed by atoms with Crippen molar-refractivity contribution in [1.29, 1.82) is 0 Å². The molecule has 0 bridgehead atoms. The van der Waals surface area contributed by atoms with Crippen LogP contribution in [0, 0.1) is 0 Å². The maximum Gasteiger partial charge on any atom is 0.317 e. The Labute approximate surface area is 146 Å². The molecule has 1 aromatic heterocycles. The Morgan fingerprint density at radius 2 is 2.29 bits per heavy atom. The summed E-state index contributed by atoms with van der Waals surface area (Å²) in [5, 5.41) is 4.08. The zero-order valence-electron chi connectivity index (χ0n) is 14.1. The van der Waals surface area contributed by atoms with Crippen LogP contribution in [0.3, 0.4) is 0 Å². The van der Waals surface area contributed by atoms with Crippen molar-refractivity contribution >= 4 is 17.4 Å². The number of nitrogens with zero attached hydrogens (tertiary/aromatic N) is 2. The van der Waals surface area contributed by atoms with Gasteiger partial charge in [0.1, 0.15) is 11.9 Å². The predicted octanol–water partition coefficient (Wildman–Crippen LogP) is 3.24. The third-order valence-corrected chi connectivity index (χ3v) is 5.19. The lowest BCUT2D eigenvalue weighted by molar-refractivity contribution is 0.158. The minimum Gasteiger partial charge on any atom is -0.489 e. The standard InChI is InChI=1S/C18H23N3O2S/c1-3-15-10-20-17(24-15)8-9-19-18(22)21-11-13(2)23-16-7-5-4-6-14(16)12-21/h4-7,10,13H,3,8-9,11-12H2,1-2H3,(H,19,22)/t13-/m1/s1. The summed E-state index contributed by atoms with van der Waals surface area (Å²) in [5.74, 6) is 0.871. The highest BCUT2D eigenvalue weighted by Gasteiger charge is 2.23. The van der Waals surface area contributed by atoms with E-state index in [2.05, 4.69) is 17.2 Å². The van der Waals surface area contributed by atoms with E-state index in [0.29, 0.717) is 19.6 Å². The van der Waals surface area contributed by atoms with Gasteiger partial charge in [0.05, 0.1) is 18.1 Å². The van der Waals surface area contributed by atoms with Gasteiger partial charge >= 0.3 is 6.03 Å². The number of urea groups is 1. The van der Waals surface area contributed by atoms with Gasteiger partial charge < -0.3 is 15.0 Å². The second-order valence-electron chi connectivity index (χ2n) is 5.97. The monoisotopic (exact) mass is 345 g/mol. The smallest absolute Gasteiger partial charge is 0.317 e. The lowest BCUT2D eigenvalue weighted by Crippen LogP contribution is -2.43. The van der Waals surface area contributed by atoms with Crippen molar-refractivity contribution in [3.8, 4) is 5.75 Å². The molecule has 3 rings (SSSR count). The number of carbonyl (C=O) groups is 1. The van der Waals surface area contributed by atoms with Crippen LogP contribution < -0.4 is 10.1 Å². The molecule has 0 saturated carbocycles. The van der Waals surface area contributed by atoms with Gasteiger partial charge in [0.15, 0.2) is 0 Å². The molecule has 0 spiro atoms. The number of benzene rings is 1. The number of hydrogen-bond donors (Lipinski definition) is 1. The maximum absolute atomic E-state index is 12.5. The number of nitrogens with one attached hydrogen (secondary N) is 1. The summed E-state index contributed by atoms with van der Waals surface area (Å²) in [4.78, 5) is 20.0. The number of thiazole rings is 1. The molecule has 5 nitrogen and oxygen atoms in total. The normalized spacial score (nSPS) is 16.9. The van der Waals surface area contributed by atoms with Crippen molar-refractivity contribution in [1.82, 2.24) is 15.2 Å². The number of rotatable bonds is 4. The van der Waals surface area contributed by atoms with Gasteiger partial charge in [0.2, 0.25) is 0 Å². The first-order valence-corrected chi connectivity index (χ1v) is 9.18. The fourth-order valence-corrected chi connectivity index (χ4v) is 3.62. The molecule has 2 amide bonds. The minimum absolute atomic E-state index is 0.0227. The molecule has 6 heteroatoms. The van der Waals surface area contributed by atoms with Crippen molar-refractivity contribution in [2.24, 2.45) is 0 Å². The lowest BCUT2D eigenvalue weighted by Gasteiger charge is -2.22. The van der Waals surface area contributed by atoms with E-state index in [9.17, 15) is 4.79 Å². The zero-order valence-corrected chi connectivity index (χ0v) is 14.9. The molecule has 2 heterocycles. The van der Waals surface area contributed by atoms with E-state index in [-0.39, 0.29) is 12.1 Å². The molecule has 1 aliphatic heterocycles. The Kier molecular flexibility index (Phi) is 5.35. The molecular formula is C18H23N3O2S. The summed E-state index contributed by atoms with van der Waals surface area (Å²) in [6.07, 6.45) is 3.68. The van der Waals surface area contributed by atoms with Crippen LogP contribution in [-0.4, -0.2) is 35.1 Å². The number of para-hydroxylation sites is 1. The summed E-state index contributed by atoms with van der Waals surface area (Å²) >= 11 is 1.72. The number of ether oxygens (including phenoxy) is 1. The van der Waals surface area contributed by atoms with Gasteiger partial charge in [0, 0.05) is 29.6 Å². The molecule has 1 N–H and O–H groups in total.